The summed E-state index contributed by atoms with van der Waals surface area (Å²) in [6, 6.07) is 4.04. The predicted octanol–water partition coefficient (Wildman–Crippen LogP) is 2.60. The van der Waals surface area contributed by atoms with Gasteiger partial charge in [0, 0.05) is 30.5 Å². The molecule has 0 bridgehead atoms. The van der Waals surface area contributed by atoms with Crippen LogP contribution >= 0.6 is 0 Å². The first-order chi connectivity index (χ1) is 6.81. The van der Waals surface area contributed by atoms with Crippen molar-refractivity contribution in [2.45, 2.75) is 32.2 Å². The van der Waals surface area contributed by atoms with Crippen LogP contribution in [0.2, 0.25) is 0 Å². The molecule has 1 heterocycles. The first-order valence-electron chi connectivity index (χ1n) is 5.19. The maximum absolute atomic E-state index is 12.9. The Kier molecular flexibility index (Phi) is 2.66. The van der Waals surface area contributed by atoms with Crippen molar-refractivity contribution in [3.05, 3.63) is 24.3 Å². The largest absolute Gasteiger partial charge is 0.368 e. The summed E-state index contributed by atoms with van der Waals surface area (Å²) in [4.78, 5) is 5.85. The minimum Gasteiger partial charge on any atom is -0.368 e. The second kappa shape index (κ2) is 3.95. The number of anilines is 1. The molecule has 1 aromatic heterocycles. The van der Waals surface area contributed by atoms with Crippen LogP contribution in [0.1, 0.15) is 26.2 Å². The lowest BCUT2D eigenvalue weighted by molar-refractivity contribution is 0.582. The normalized spacial score (nSPS) is 15.6. The van der Waals surface area contributed by atoms with E-state index >= 15 is 0 Å². The fraction of sp³-hybridized carbons (Fsp3) is 0.545. The summed E-state index contributed by atoms with van der Waals surface area (Å²) < 4.78 is 12.9. The number of hydrogen-bond acceptors (Lipinski definition) is 2. The first-order valence-corrected chi connectivity index (χ1v) is 5.19. The van der Waals surface area contributed by atoms with E-state index in [1.165, 1.54) is 25.1 Å². The Morgan fingerprint density at radius 3 is 2.93 bits per heavy atom. The van der Waals surface area contributed by atoms with E-state index in [4.69, 9.17) is 0 Å². The van der Waals surface area contributed by atoms with Crippen LogP contribution in [0.4, 0.5) is 10.1 Å². The third-order valence-electron chi connectivity index (χ3n) is 2.49. The average molecular weight is 194 g/mol. The molecule has 2 rings (SSSR count). The van der Waals surface area contributed by atoms with E-state index in [0.717, 1.165) is 18.7 Å². The molecule has 0 N–H and O–H groups in total. The fourth-order valence-corrected chi connectivity index (χ4v) is 1.72. The molecule has 1 aliphatic carbocycles. The zero-order valence-electron chi connectivity index (χ0n) is 8.41. The molecule has 0 atom stereocenters. The lowest BCUT2D eigenvalue weighted by atomic mass is 10.3. The van der Waals surface area contributed by atoms with Gasteiger partial charge in [0.05, 0.1) is 0 Å². The maximum atomic E-state index is 12.9. The summed E-state index contributed by atoms with van der Waals surface area (Å²) in [6.45, 7) is 3.15. The van der Waals surface area contributed by atoms with Crippen molar-refractivity contribution in [3.63, 3.8) is 0 Å². The van der Waals surface area contributed by atoms with Gasteiger partial charge < -0.3 is 4.90 Å². The number of pyridine rings is 1. The summed E-state index contributed by atoms with van der Waals surface area (Å²) in [6.07, 6.45) is 5.12. The summed E-state index contributed by atoms with van der Waals surface area (Å²) in [5.41, 5.74) is 0.974. The van der Waals surface area contributed by atoms with Crippen molar-refractivity contribution in [2.75, 3.05) is 11.4 Å². The molecular formula is C11H15FN2. The van der Waals surface area contributed by atoms with E-state index in [1.54, 1.807) is 0 Å². The Morgan fingerprint density at radius 1 is 1.57 bits per heavy atom. The number of halogens is 1. The Hall–Kier alpha value is -1.12. The highest BCUT2D eigenvalue weighted by atomic mass is 19.1. The third kappa shape index (κ3) is 2.03. The third-order valence-corrected chi connectivity index (χ3v) is 2.49. The van der Waals surface area contributed by atoms with Crippen LogP contribution < -0.4 is 4.90 Å². The summed E-state index contributed by atoms with van der Waals surface area (Å²) in [5, 5.41) is 0. The Labute approximate surface area is 83.8 Å². The van der Waals surface area contributed by atoms with Crippen molar-refractivity contribution in [2.24, 2.45) is 0 Å². The fourth-order valence-electron chi connectivity index (χ4n) is 1.72. The second-order valence-electron chi connectivity index (χ2n) is 3.76. The highest BCUT2D eigenvalue weighted by molar-refractivity contribution is 5.47. The van der Waals surface area contributed by atoms with Crippen molar-refractivity contribution in [3.8, 4) is 0 Å². The van der Waals surface area contributed by atoms with Crippen LogP contribution in [-0.4, -0.2) is 17.6 Å². The molecule has 0 amide bonds. The molecular weight excluding hydrogens is 179 g/mol. The predicted molar refractivity (Wildman–Crippen MR) is 54.9 cm³/mol. The highest BCUT2D eigenvalue weighted by Gasteiger charge is 2.28. The number of aromatic nitrogens is 1. The molecule has 1 aliphatic rings. The van der Waals surface area contributed by atoms with Gasteiger partial charge >= 0.3 is 0 Å². The van der Waals surface area contributed by atoms with Crippen LogP contribution in [0.25, 0.3) is 0 Å². The van der Waals surface area contributed by atoms with Gasteiger partial charge in [0.2, 0.25) is 5.95 Å². The van der Waals surface area contributed by atoms with Crippen LogP contribution in [0, 0.1) is 5.95 Å². The van der Waals surface area contributed by atoms with Crippen LogP contribution in [0.5, 0.6) is 0 Å². The van der Waals surface area contributed by atoms with Gasteiger partial charge in [-0.15, -0.1) is 0 Å². The molecule has 1 fully saturated rings. The van der Waals surface area contributed by atoms with Gasteiger partial charge in [-0.05, 0) is 25.3 Å². The van der Waals surface area contributed by atoms with Gasteiger partial charge in [-0.25, -0.2) is 4.98 Å². The average Bonchev–Trinajstić information content (AvgIpc) is 2.97. The molecule has 3 heteroatoms. The standard InChI is InChI=1S/C11H15FN2/c1-2-7-14(9-3-4-9)10-5-6-13-11(12)8-10/h5-6,8-9H,2-4,7H2,1H3. The van der Waals surface area contributed by atoms with E-state index in [1.807, 2.05) is 6.07 Å². The molecule has 0 unspecified atom stereocenters. The molecule has 14 heavy (non-hydrogen) atoms. The molecule has 1 aromatic rings. The second-order valence-corrected chi connectivity index (χ2v) is 3.76. The van der Waals surface area contributed by atoms with E-state index in [9.17, 15) is 4.39 Å². The van der Waals surface area contributed by atoms with Crippen LogP contribution in [0.15, 0.2) is 18.3 Å². The van der Waals surface area contributed by atoms with Crippen LogP contribution in [-0.2, 0) is 0 Å². The Bertz CT molecular complexity index is 310. The summed E-state index contributed by atoms with van der Waals surface area (Å²) >= 11 is 0. The zero-order valence-corrected chi connectivity index (χ0v) is 8.41. The number of hydrogen-bond donors (Lipinski definition) is 0. The molecule has 0 spiro atoms. The monoisotopic (exact) mass is 194 g/mol. The summed E-state index contributed by atoms with van der Waals surface area (Å²) in [5.74, 6) is -0.385. The molecule has 0 aliphatic heterocycles. The maximum Gasteiger partial charge on any atom is 0.214 e. The molecule has 0 saturated heterocycles. The molecule has 76 valence electrons. The van der Waals surface area contributed by atoms with Crippen molar-refractivity contribution >= 4 is 5.69 Å². The molecule has 1 saturated carbocycles. The minimum atomic E-state index is -0.385. The SMILES string of the molecule is CCCN(c1ccnc(F)c1)C1CC1. The smallest absolute Gasteiger partial charge is 0.214 e. The van der Waals surface area contributed by atoms with Crippen molar-refractivity contribution in [1.29, 1.82) is 0 Å². The van der Waals surface area contributed by atoms with E-state index in [0.29, 0.717) is 6.04 Å². The van der Waals surface area contributed by atoms with Gasteiger partial charge in [0.1, 0.15) is 0 Å². The van der Waals surface area contributed by atoms with E-state index in [-0.39, 0.29) is 5.95 Å². The molecule has 2 nitrogen and oxygen atoms in total. The number of rotatable bonds is 4. The van der Waals surface area contributed by atoms with Gasteiger partial charge in [0.15, 0.2) is 0 Å². The van der Waals surface area contributed by atoms with Gasteiger partial charge in [-0.2, -0.15) is 4.39 Å². The van der Waals surface area contributed by atoms with Gasteiger partial charge in [-0.1, -0.05) is 6.92 Å². The van der Waals surface area contributed by atoms with E-state index in [2.05, 4.69) is 16.8 Å². The molecule has 0 radical (unpaired) electrons. The topological polar surface area (TPSA) is 16.1 Å². The Balaban J connectivity index is 2.16. The zero-order chi connectivity index (χ0) is 9.97. The molecule has 0 aromatic carbocycles. The van der Waals surface area contributed by atoms with Crippen LogP contribution in [0.3, 0.4) is 0 Å². The van der Waals surface area contributed by atoms with E-state index < -0.39 is 0 Å². The van der Waals surface area contributed by atoms with Gasteiger partial charge in [0.25, 0.3) is 0 Å². The van der Waals surface area contributed by atoms with Crippen molar-refractivity contribution in [1.82, 2.24) is 4.98 Å². The highest BCUT2D eigenvalue weighted by Crippen LogP contribution is 2.31. The quantitative estimate of drug-likeness (QED) is 0.685. The van der Waals surface area contributed by atoms with Crippen molar-refractivity contribution < 1.29 is 4.39 Å². The summed E-state index contributed by atoms with van der Waals surface area (Å²) in [7, 11) is 0. The minimum absolute atomic E-state index is 0.385. The van der Waals surface area contributed by atoms with Gasteiger partial charge in [-0.3, -0.25) is 0 Å². The first kappa shape index (κ1) is 9.44. The Morgan fingerprint density at radius 2 is 2.36 bits per heavy atom. The lowest BCUT2D eigenvalue weighted by Gasteiger charge is -2.23. The number of nitrogens with zero attached hydrogens (tertiary/aromatic N) is 2. The lowest BCUT2D eigenvalue weighted by Crippen LogP contribution is -2.26.